The molecule has 1 aliphatic rings. The molecule has 2 N–H and O–H groups in total. The van der Waals surface area contributed by atoms with Crippen LogP contribution in [0.25, 0.3) is 10.9 Å². The maximum absolute atomic E-state index is 12.8. The van der Waals surface area contributed by atoms with Gasteiger partial charge in [0.15, 0.2) is 5.78 Å². The molecule has 1 saturated heterocycles. The van der Waals surface area contributed by atoms with Gasteiger partial charge >= 0.3 is 0 Å². The molecule has 2 aromatic rings. The van der Waals surface area contributed by atoms with Crippen LogP contribution in [0.3, 0.4) is 0 Å². The number of nitrogens with zero attached hydrogens (tertiary/aromatic N) is 2. The second kappa shape index (κ2) is 6.16. The van der Waals surface area contributed by atoms with Gasteiger partial charge in [0, 0.05) is 35.1 Å². The van der Waals surface area contributed by atoms with Gasteiger partial charge in [-0.3, -0.25) is 14.5 Å². The summed E-state index contributed by atoms with van der Waals surface area (Å²) in [6, 6.07) is 8.01. The normalized spacial score (nSPS) is 16.8. The number of piperidine rings is 1. The molecule has 0 spiro atoms. The van der Waals surface area contributed by atoms with Crippen molar-refractivity contribution in [1.82, 2.24) is 9.47 Å². The third-order valence-corrected chi connectivity index (χ3v) is 5.04. The van der Waals surface area contributed by atoms with Crippen LogP contribution in [0.1, 0.15) is 28.9 Å². The number of amides is 1. The van der Waals surface area contributed by atoms with E-state index in [1.54, 1.807) is 0 Å². The molecule has 1 fully saturated rings. The van der Waals surface area contributed by atoms with Gasteiger partial charge in [0.1, 0.15) is 0 Å². The SMILES string of the molecule is Cc1c(C(=O)CN2CCC(C(N)=O)CC2)c2ccccc2n1C. The molecule has 0 unspecified atom stereocenters. The number of aryl methyl sites for hydroxylation is 1. The van der Waals surface area contributed by atoms with Gasteiger partial charge in [0.25, 0.3) is 0 Å². The summed E-state index contributed by atoms with van der Waals surface area (Å²) < 4.78 is 2.07. The first kappa shape index (κ1) is 15.7. The number of nitrogens with two attached hydrogens (primary N) is 1. The number of Topliss-reactive ketones (excluding diaryl/α,β-unsaturated/α-hetero) is 1. The fourth-order valence-corrected chi connectivity index (χ4v) is 3.53. The fraction of sp³-hybridized carbons (Fsp3) is 0.444. The minimum atomic E-state index is -0.221. The predicted molar refractivity (Wildman–Crippen MR) is 90.3 cm³/mol. The number of para-hydroxylation sites is 1. The maximum Gasteiger partial charge on any atom is 0.220 e. The van der Waals surface area contributed by atoms with Gasteiger partial charge in [-0.1, -0.05) is 18.2 Å². The summed E-state index contributed by atoms with van der Waals surface area (Å²) >= 11 is 0. The van der Waals surface area contributed by atoms with Crippen molar-refractivity contribution < 1.29 is 9.59 Å². The first-order chi connectivity index (χ1) is 11.0. The molecular formula is C18H23N3O2. The first-order valence-electron chi connectivity index (χ1n) is 8.08. The highest BCUT2D eigenvalue weighted by atomic mass is 16.1. The summed E-state index contributed by atoms with van der Waals surface area (Å²) in [6.45, 7) is 3.90. The molecule has 0 saturated carbocycles. The highest BCUT2D eigenvalue weighted by Gasteiger charge is 2.26. The molecule has 5 heteroatoms. The van der Waals surface area contributed by atoms with E-state index >= 15 is 0 Å². The fourth-order valence-electron chi connectivity index (χ4n) is 3.53. The van der Waals surface area contributed by atoms with Crippen molar-refractivity contribution in [3.05, 3.63) is 35.5 Å². The van der Waals surface area contributed by atoms with Crippen LogP contribution in [-0.4, -0.2) is 40.8 Å². The average Bonchev–Trinajstić information content (AvgIpc) is 2.80. The largest absolute Gasteiger partial charge is 0.369 e. The minimum absolute atomic E-state index is 0.0411. The zero-order chi connectivity index (χ0) is 16.6. The lowest BCUT2D eigenvalue weighted by molar-refractivity contribution is -0.123. The van der Waals surface area contributed by atoms with Crippen LogP contribution in [0.4, 0.5) is 0 Å². The summed E-state index contributed by atoms with van der Waals surface area (Å²) in [5.74, 6) is -0.113. The Hall–Kier alpha value is -2.14. The molecule has 1 aromatic carbocycles. The molecule has 3 rings (SSSR count). The monoisotopic (exact) mass is 313 g/mol. The molecule has 1 amide bonds. The standard InChI is InChI=1S/C18H23N3O2/c1-12-17(14-5-3-4-6-15(14)20(12)2)16(22)11-21-9-7-13(8-10-21)18(19)23/h3-6,13H,7-11H2,1-2H3,(H2,19,23). The van der Waals surface area contributed by atoms with Crippen molar-refractivity contribution in [2.24, 2.45) is 18.7 Å². The van der Waals surface area contributed by atoms with Crippen LogP contribution >= 0.6 is 0 Å². The minimum Gasteiger partial charge on any atom is -0.369 e. The Morgan fingerprint density at radius 2 is 1.87 bits per heavy atom. The summed E-state index contributed by atoms with van der Waals surface area (Å²) in [7, 11) is 1.99. The van der Waals surface area contributed by atoms with E-state index in [1.807, 2.05) is 38.2 Å². The van der Waals surface area contributed by atoms with E-state index in [1.165, 1.54) is 0 Å². The Labute approximate surface area is 136 Å². The van der Waals surface area contributed by atoms with E-state index in [9.17, 15) is 9.59 Å². The highest BCUT2D eigenvalue weighted by Crippen LogP contribution is 2.26. The van der Waals surface area contributed by atoms with Crippen molar-refractivity contribution in [2.45, 2.75) is 19.8 Å². The van der Waals surface area contributed by atoms with Gasteiger partial charge in [-0.05, 0) is 38.9 Å². The zero-order valence-corrected chi connectivity index (χ0v) is 13.7. The van der Waals surface area contributed by atoms with Crippen LogP contribution in [-0.2, 0) is 11.8 Å². The second-order valence-corrected chi connectivity index (χ2v) is 6.41. The third kappa shape index (κ3) is 2.88. The van der Waals surface area contributed by atoms with Gasteiger partial charge in [-0.25, -0.2) is 0 Å². The maximum atomic E-state index is 12.8. The van der Waals surface area contributed by atoms with Crippen LogP contribution < -0.4 is 5.73 Å². The zero-order valence-electron chi connectivity index (χ0n) is 13.7. The summed E-state index contributed by atoms with van der Waals surface area (Å²) in [5, 5.41) is 1.02. The number of likely N-dealkylation sites (tertiary alicyclic amines) is 1. The van der Waals surface area contributed by atoms with Crippen LogP contribution in [0.15, 0.2) is 24.3 Å². The molecule has 5 nitrogen and oxygen atoms in total. The number of primary amides is 1. The van der Waals surface area contributed by atoms with Crippen molar-refractivity contribution >= 4 is 22.6 Å². The topological polar surface area (TPSA) is 68.3 Å². The lowest BCUT2D eigenvalue weighted by atomic mass is 9.96. The Bertz CT molecular complexity index is 755. The molecule has 0 bridgehead atoms. The van der Waals surface area contributed by atoms with Crippen LogP contribution in [0.2, 0.25) is 0 Å². The number of carbonyl (C=O) groups excluding carboxylic acids is 2. The lowest BCUT2D eigenvalue weighted by Crippen LogP contribution is -2.40. The van der Waals surface area contributed by atoms with Crippen molar-refractivity contribution in [3.63, 3.8) is 0 Å². The number of ketones is 1. The average molecular weight is 313 g/mol. The van der Waals surface area contributed by atoms with E-state index in [-0.39, 0.29) is 17.6 Å². The van der Waals surface area contributed by atoms with E-state index in [2.05, 4.69) is 9.47 Å². The van der Waals surface area contributed by atoms with Gasteiger partial charge in [0.05, 0.1) is 6.54 Å². The van der Waals surface area contributed by atoms with E-state index in [4.69, 9.17) is 5.73 Å². The van der Waals surface area contributed by atoms with Crippen molar-refractivity contribution in [2.75, 3.05) is 19.6 Å². The number of hydrogen-bond acceptors (Lipinski definition) is 3. The molecular weight excluding hydrogens is 290 g/mol. The molecule has 0 atom stereocenters. The Morgan fingerprint density at radius 1 is 1.22 bits per heavy atom. The van der Waals surface area contributed by atoms with Gasteiger partial charge < -0.3 is 10.3 Å². The third-order valence-electron chi connectivity index (χ3n) is 5.04. The summed E-state index contributed by atoms with van der Waals surface area (Å²) in [4.78, 5) is 26.2. The first-order valence-corrected chi connectivity index (χ1v) is 8.08. The van der Waals surface area contributed by atoms with E-state index < -0.39 is 0 Å². The second-order valence-electron chi connectivity index (χ2n) is 6.41. The Kier molecular flexibility index (Phi) is 4.22. The van der Waals surface area contributed by atoms with Crippen LogP contribution in [0, 0.1) is 12.8 Å². The molecule has 0 aliphatic carbocycles. The van der Waals surface area contributed by atoms with E-state index in [0.717, 1.165) is 48.1 Å². The number of carbonyl (C=O) groups is 2. The van der Waals surface area contributed by atoms with Crippen molar-refractivity contribution in [1.29, 1.82) is 0 Å². The number of rotatable bonds is 4. The number of fused-ring (bicyclic) bond motifs is 1. The Morgan fingerprint density at radius 3 is 2.52 bits per heavy atom. The molecule has 1 aromatic heterocycles. The lowest BCUT2D eigenvalue weighted by Gasteiger charge is -2.29. The Balaban J connectivity index is 1.77. The molecule has 23 heavy (non-hydrogen) atoms. The summed E-state index contributed by atoms with van der Waals surface area (Å²) in [5.41, 5.74) is 8.27. The quantitative estimate of drug-likeness (QED) is 0.876. The molecule has 2 heterocycles. The van der Waals surface area contributed by atoms with Gasteiger partial charge in [-0.15, -0.1) is 0 Å². The highest BCUT2D eigenvalue weighted by molar-refractivity contribution is 6.10. The van der Waals surface area contributed by atoms with Gasteiger partial charge in [-0.2, -0.15) is 0 Å². The predicted octanol–water partition coefficient (Wildman–Crippen LogP) is 1.87. The molecule has 0 radical (unpaired) electrons. The smallest absolute Gasteiger partial charge is 0.220 e. The number of benzene rings is 1. The number of hydrogen-bond donors (Lipinski definition) is 1. The molecule has 1 aliphatic heterocycles. The van der Waals surface area contributed by atoms with Crippen LogP contribution in [0.5, 0.6) is 0 Å². The van der Waals surface area contributed by atoms with Crippen molar-refractivity contribution in [3.8, 4) is 0 Å². The van der Waals surface area contributed by atoms with Gasteiger partial charge in [0.2, 0.25) is 5.91 Å². The van der Waals surface area contributed by atoms with E-state index in [0.29, 0.717) is 6.54 Å². The molecule has 122 valence electrons. The summed E-state index contributed by atoms with van der Waals surface area (Å²) in [6.07, 6.45) is 1.49. The number of aromatic nitrogens is 1.